The molecule has 38 heavy (non-hydrogen) atoms. The first-order valence-corrected chi connectivity index (χ1v) is 12.9. The molecular weight excluding hydrogens is 476 g/mol. The second kappa shape index (κ2) is 10.7. The molecule has 1 amide bonds. The van der Waals surface area contributed by atoms with Gasteiger partial charge in [0, 0.05) is 28.7 Å². The zero-order valence-electron chi connectivity index (χ0n) is 23.0. The highest BCUT2D eigenvalue weighted by Crippen LogP contribution is 2.28. The second-order valence-corrected chi connectivity index (χ2v) is 10.9. The van der Waals surface area contributed by atoms with Crippen molar-refractivity contribution in [3.63, 3.8) is 0 Å². The van der Waals surface area contributed by atoms with E-state index in [1.165, 1.54) is 5.56 Å². The molecule has 2 N–H and O–H groups in total. The van der Waals surface area contributed by atoms with E-state index in [9.17, 15) is 9.59 Å². The Morgan fingerprint density at radius 3 is 2.24 bits per heavy atom. The molecule has 1 unspecified atom stereocenters. The van der Waals surface area contributed by atoms with Gasteiger partial charge in [-0.1, -0.05) is 57.2 Å². The first-order chi connectivity index (χ1) is 17.9. The van der Waals surface area contributed by atoms with Crippen molar-refractivity contribution in [3.05, 3.63) is 100 Å². The summed E-state index contributed by atoms with van der Waals surface area (Å²) in [6, 6.07) is 21.7. The third-order valence-electron chi connectivity index (χ3n) is 7.15. The van der Waals surface area contributed by atoms with Crippen molar-refractivity contribution < 1.29 is 19.4 Å². The van der Waals surface area contributed by atoms with Crippen molar-refractivity contribution in [1.82, 2.24) is 9.88 Å². The summed E-state index contributed by atoms with van der Waals surface area (Å²) in [6.07, 6.45) is 0. The van der Waals surface area contributed by atoms with E-state index in [0.29, 0.717) is 17.9 Å². The Morgan fingerprint density at radius 2 is 1.63 bits per heavy atom. The fourth-order valence-corrected chi connectivity index (χ4v) is 4.65. The predicted molar refractivity (Wildman–Crippen MR) is 151 cm³/mol. The molecule has 0 bridgehead atoms. The molecule has 6 nitrogen and oxygen atoms in total. The Bertz CT molecular complexity index is 1460. The van der Waals surface area contributed by atoms with Gasteiger partial charge in [-0.05, 0) is 78.8 Å². The smallest absolute Gasteiger partial charge is 0.341 e. The number of carboxylic acids is 1. The van der Waals surface area contributed by atoms with Gasteiger partial charge in [-0.3, -0.25) is 4.79 Å². The highest BCUT2D eigenvalue weighted by atomic mass is 16.5. The van der Waals surface area contributed by atoms with E-state index in [-0.39, 0.29) is 24.0 Å². The fourth-order valence-electron chi connectivity index (χ4n) is 4.65. The van der Waals surface area contributed by atoms with Crippen LogP contribution in [0.15, 0.2) is 66.7 Å². The molecule has 0 aliphatic rings. The number of rotatable bonds is 8. The molecule has 1 atom stereocenters. The Labute approximate surface area is 224 Å². The quantitative estimate of drug-likeness (QED) is 0.280. The Kier molecular flexibility index (Phi) is 7.63. The highest BCUT2D eigenvalue weighted by molar-refractivity contribution is 5.99. The minimum Gasteiger partial charge on any atom is -0.482 e. The maximum absolute atomic E-state index is 13.2. The van der Waals surface area contributed by atoms with Crippen molar-refractivity contribution in [2.24, 2.45) is 0 Å². The van der Waals surface area contributed by atoms with Crippen molar-refractivity contribution >= 4 is 22.8 Å². The van der Waals surface area contributed by atoms with Crippen LogP contribution < -0.4 is 10.1 Å². The van der Waals surface area contributed by atoms with E-state index < -0.39 is 5.97 Å². The number of nitrogens with one attached hydrogen (secondary N) is 1. The van der Waals surface area contributed by atoms with Gasteiger partial charge in [0.1, 0.15) is 5.75 Å². The van der Waals surface area contributed by atoms with Crippen LogP contribution in [0.3, 0.4) is 0 Å². The van der Waals surface area contributed by atoms with Gasteiger partial charge in [-0.15, -0.1) is 0 Å². The summed E-state index contributed by atoms with van der Waals surface area (Å²) in [7, 11) is 0. The summed E-state index contributed by atoms with van der Waals surface area (Å²) >= 11 is 0. The lowest BCUT2D eigenvalue weighted by atomic mass is 9.86. The fraction of sp³-hybridized carbons (Fsp3) is 0.312. The Balaban J connectivity index is 1.51. The summed E-state index contributed by atoms with van der Waals surface area (Å²) in [5.74, 6) is -0.575. The molecule has 4 aromatic rings. The molecule has 0 spiro atoms. The van der Waals surface area contributed by atoms with Crippen LogP contribution in [-0.2, 0) is 16.8 Å². The number of hydrogen-bond donors (Lipinski definition) is 2. The van der Waals surface area contributed by atoms with Gasteiger partial charge < -0.3 is 19.7 Å². The number of aliphatic carboxylic acids is 1. The highest BCUT2D eigenvalue weighted by Gasteiger charge is 2.18. The number of amides is 1. The van der Waals surface area contributed by atoms with Crippen LogP contribution in [0.2, 0.25) is 0 Å². The summed E-state index contributed by atoms with van der Waals surface area (Å²) in [4.78, 5) is 23.9. The number of fused-ring (bicyclic) bond motifs is 1. The first kappa shape index (κ1) is 27.0. The Morgan fingerprint density at radius 1 is 0.974 bits per heavy atom. The molecule has 1 aromatic heterocycles. The number of carbonyl (C=O) groups excluding carboxylic acids is 1. The van der Waals surface area contributed by atoms with Gasteiger partial charge in [-0.2, -0.15) is 0 Å². The number of benzene rings is 3. The lowest BCUT2D eigenvalue weighted by Gasteiger charge is -2.20. The summed E-state index contributed by atoms with van der Waals surface area (Å²) in [6.45, 7) is 13.0. The second-order valence-electron chi connectivity index (χ2n) is 10.9. The predicted octanol–water partition coefficient (Wildman–Crippen LogP) is 6.56. The molecule has 0 saturated carbocycles. The Hall–Kier alpha value is -4.06. The molecule has 0 radical (unpaired) electrons. The SMILES string of the molecule is Cc1c(C)n(Cc2ccc(OCC(=O)O)cc2)c2ccc(C(=O)NC(C)c3ccc(C(C)(C)C)cc3)cc12. The van der Waals surface area contributed by atoms with E-state index in [2.05, 4.69) is 68.8 Å². The topological polar surface area (TPSA) is 80.6 Å². The molecule has 1 heterocycles. The maximum Gasteiger partial charge on any atom is 0.341 e. The monoisotopic (exact) mass is 512 g/mol. The van der Waals surface area contributed by atoms with Crippen LogP contribution in [0.1, 0.15) is 72.0 Å². The standard InChI is InChI=1S/C32H36N2O4/c1-20-22(3)34(18-23-7-14-27(15-8-23)38-19-30(35)36)29-16-11-25(17-28(20)29)31(37)33-21(2)24-9-12-26(13-10-24)32(4,5)6/h7-17,21H,18-19H2,1-6H3,(H,33,37)(H,35,36). The third kappa shape index (κ3) is 5.91. The van der Waals surface area contributed by atoms with E-state index in [1.807, 2.05) is 37.3 Å². The lowest BCUT2D eigenvalue weighted by molar-refractivity contribution is -0.139. The summed E-state index contributed by atoms with van der Waals surface area (Å²) in [5.41, 5.74) is 7.48. The number of hydrogen-bond acceptors (Lipinski definition) is 3. The number of nitrogens with zero attached hydrogens (tertiary/aromatic N) is 1. The number of carbonyl (C=O) groups is 2. The third-order valence-corrected chi connectivity index (χ3v) is 7.15. The zero-order chi connectivity index (χ0) is 27.6. The summed E-state index contributed by atoms with van der Waals surface area (Å²) < 4.78 is 7.47. The molecule has 0 saturated heterocycles. The van der Waals surface area contributed by atoms with E-state index in [4.69, 9.17) is 9.84 Å². The molecule has 0 aliphatic heterocycles. The number of aryl methyl sites for hydroxylation is 1. The van der Waals surface area contributed by atoms with Crippen LogP contribution in [0.4, 0.5) is 0 Å². The maximum atomic E-state index is 13.2. The largest absolute Gasteiger partial charge is 0.482 e. The minimum atomic E-state index is -1.00. The molecular formula is C32H36N2O4. The van der Waals surface area contributed by atoms with E-state index >= 15 is 0 Å². The minimum absolute atomic E-state index is 0.0899. The molecule has 198 valence electrons. The van der Waals surface area contributed by atoms with Gasteiger partial charge in [0.25, 0.3) is 5.91 Å². The first-order valence-electron chi connectivity index (χ1n) is 12.9. The van der Waals surface area contributed by atoms with Crippen LogP contribution in [0.25, 0.3) is 10.9 Å². The normalized spacial score (nSPS) is 12.4. The van der Waals surface area contributed by atoms with Crippen LogP contribution >= 0.6 is 0 Å². The lowest BCUT2D eigenvalue weighted by Crippen LogP contribution is -2.26. The van der Waals surface area contributed by atoms with Gasteiger partial charge >= 0.3 is 5.97 Å². The average molecular weight is 513 g/mol. The molecule has 0 fully saturated rings. The van der Waals surface area contributed by atoms with Crippen molar-refractivity contribution in [3.8, 4) is 5.75 Å². The number of carboxylic acid groups (broad SMARTS) is 1. The molecule has 3 aromatic carbocycles. The van der Waals surface area contributed by atoms with Crippen molar-refractivity contribution in [2.75, 3.05) is 6.61 Å². The van der Waals surface area contributed by atoms with Crippen LogP contribution in [0, 0.1) is 13.8 Å². The molecule has 6 heteroatoms. The average Bonchev–Trinajstić information content (AvgIpc) is 3.12. The van der Waals surface area contributed by atoms with E-state index in [1.54, 1.807) is 12.1 Å². The van der Waals surface area contributed by atoms with Gasteiger partial charge in [-0.25, -0.2) is 4.79 Å². The molecule has 4 rings (SSSR count). The van der Waals surface area contributed by atoms with Gasteiger partial charge in [0.15, 0.2) is 6.61 Å². The van der Waals surface area contributed by atoms with Gasteiger partial charge in [0.2, 0.25) is 0 Å². The van der Waals surface area contributed by atoms with Crippen molar-refractivity contribution in [1.29, 1.82) is 0 Å². The van der Waals surface area contributed by atoms with Gasteiger partial charge in [0.05, 0.1) is 6.04 Å². The molecule has 0 aliphatic carbocycles. The van der Waals surface area contributed by atoms with Crippen LogP contribution in [-0.4, -0.2) is 28.2 Å². The van der Waals surface area contributed by atoms with E-state index in [0.717, 1.165) is 33.3 Å². The summed E-state index contributed by atoms with van der Waals surface area (Å²) in [5, 5.41) is 13.0. The van der Waals surface area contributed by atoms with Crippen LogP contribution in [0.5, 0.6) is 5.75 Å². The number of aromatic nitrogens is 1. The van der Waals surface area contributed by atoms with Crippen molar-refractivity contribution in [2.45, 2.75) is 59.5 Å². The number of ether oxygens (including phenoxy) is 1. The zero-order valence-corrected chi connectivity index (χ0v) is 23.0.